The first-order chi connectivity index (χ1) is 8.83. The van der Waals surface area contributed by atoms with E-state index < -0.39 is 12.6 Å². The van der Waals surface area contributed by atoms with Crippen LogP contribution < -0.4 is 10.2 Å². The minimum absolute atomic E-state index is 0.0573. The topological polar surface area (TPSA) is 28.2 Å². The number of halogens is 3. The van der Waals surface area contributed by atoms with Gasteiger partial charge in [0.1, 0.15) is 0 Å². The molecule has 1 heterocycles. The molecule has 0 aliphatic heterocycles. The molecule has 0 aliphatic rings. The highest BCUT2D eigenvalue weighted by Gasteiger charge is 2.27. The van der Waals surface area contributed by atoms with Crippen molar-refractivity contribution in [1.82, 2.24) is 10.3 Å². The summed E-state index contributed by atoms with van der Waals surface area (Å²) in [6.07, 6.45) is -3.88. The fourth-order valence-corrected chi connectivity index (χ4v) is 2.53. The van der Waals surface area contributed by atoms with Gasteiger partial charge in [-0.1, -0.05) is 6.92 Å². The highest BCUT2D eigenvalue weighted by molar-refractivity contribution is 7.15. The first kappa shape index (κ1) is 16.2. The Labute approximate surface area is 115 Å². The zero-order valence-electron chi connectivity index (χ0n) is 11.5. The Hall–Kier alpha value is -0.820. The van der Waals surface area contributed by atoms with Crippen molar-refractivity contribution in [2.75, 3.05) is 25.0 Å². The monoisotopic (exact) mass is 295 g/mol. The molecule has 0 saturated carbocycles. The second-order valence-corrected chi connectivity index (χ2v) is 5.53. The standard InChI is InChI=1S/C12H20F3N3S/c1-4-6-16-8-10-9(2)17-11(19-10)18(3)7-5-12(13,14)15/h16H,4-8H2,1-3H3. The number of anilines is 1. The zero-order valence-corrected chi connectivity index (χ0v) is 12.3. The lowest BCUT2D eigenvalue weighted by Crippen LogP contribution is -2.23. The molecular formula is C12H20F3N3S. The van der Waals surface area contributed by atoms with Crippen LogP contribution in [-0.4, -0.2) is 31.3 Å². The van der Waals surface area contributed by atoms with E-state index in [1.807, 2.05) is 6.92 Å². The predicted molar refractivity (Wildman–Crippen MR) is 72.8 cm³/mol. The molecule has 0 spiro atoms. The first-order valence-electron chi connectivity index (χ1n) is 6.28. The average molecular weight is 295 g/mol. The van der Waals surface area contributed by atoms with Crippen molar-refractivity contribution in [3.63, 3.8) is 0 Å². The quantitative estimate of drug-likeness (QED) is 0.782. The van der Waals surface area contributed by atoms with Crippen molar-refractivity contribution >= 4 is 16.5 Å². The summed E-state index contributed by atoms with van der Waals surface area (Å²) in [7, 11) is 1.65. The minimum Gasteiger partial charge on any atom is -0.351 e. The Bertz CT molecular complexity index is 390. The van der Waals surface area contributed by atoms with Crippen molar-refractivity contribution < 1.29 is 13.2 Å². The molecule has 0 fully saturated rings. The molecule has 0 bridgehead atoms. The van der Waals surface area contributed by atoms with Crippen molar-refractivity contribution in [1.29, 1.82) is 0 Å². The number of aromatic nitrogens is 1. The zero-order chi connectivity index (χ0) is 14.5. The molecule has 0 amide bonds. The molecule has 0 saturated heterocycles. The van der Waals surface area contributed by atoms with Gasteiger partial charge in [0.15, 0.2) is 5.13 Å². The van der Waals surface area contributed by atoms with Crippen LogP contribution in [0.1, 0.15) is 30.3 Å². The molecular weight excluding hydrogens is 275 g/mol. The number of rotatable bonds is 7. The molecule has 1 N–H and O–H groups in total. The van der Waals surface area contributed by atoms with E-state index in [0.717, 1.165) is 30.1 Å². The van der Waals surface area contributed by atoms with Crippen molar-refractivity contribution in [2.45, 2.75) is 39.4 Å². The Morgan fingerprint density at radius 1 is 1.37 bits per heavy atom. The number of hydrogen-bond donors (Lipinski definition) is 1. The summed E-state index contributed by atoms with van der Waals surface area (Å²) in [6, 6.07) is 0. The highest BCUT2D eigenvalue weighted by atomic mass is 32.1. The van der Waals surface area contributed by atoms with Crippen LogP contribution in [0.2, 0.25) is 0 Å². The third-order valence-corrected chi connectivity index (χ3v) is 3.92. The molecule has 110 valence electrons. The second kappa shape index (κ2) is 7.09. The Balaban J connectivity index is 2.56. The van der Waals surface area contributed by atoms with E-state index in [1.54, 1.807) is 11.9 Å². The Kier molecular flexibility index (Phi) is 6.06. The van der Waals surface area contributed by atoms with Gasteiger partial charge in [-0.15, -0.1) is 11.3 Å². The lowest BCUT2D eigenvalue weighted by Gasteiger charge is -2.16. The molecule has 1 aromatic rings. The third-order valence-electron chi connectivity index (χ3n) is 2.65. The maximum Gasteiger partial charge on any atom is 0.390 e. The molecule has 0 aromatic carbocycles. The smallest absolute Gasteiger partial charge is 0.351 e. The summed E-state index contributed by atoms with van der Waals surface area (Å²) < 4.78 is 36.5. The molecule has 1 rings (SSSR count). The van der Waals surface area contributed by atoms with Crippen molar-refractivity contribution in [3.8, 4) is 0 Å². The summed E-state index contributed by atoms with van der Waals surface area (Å²) >= 11 is 1.45. The van der Waals surface area contributed by atoms with Gasteiger partial charge in [0, 0.05) is 25.0 Å². The van der Waals surface area contributed by atoms with Crippen LogP contribution in [-0.2, 0) is 6.54 Å². The van der Waals surface area contributed by atoms with E-state index in [4.69, 9.17) is 0 Å². The van der Waals surface area contributed by atoms with E-state index in [0.29, 0.717) is 5.13 Å². The van der Waals surface area contributed by atoms with E-state index in [2.05, 4.69) is 17.2 Å². The number of thiazole rings is 1. The maximum absolute atomic E-state index is 12.2. The number of nitrogens with one attached hydrogen (secondary N) is 1. The van der Waals surface area contributed by atoms with E-state index >= 15 is 0 Å². The molecule has 0 radical (unpaired) electrons. The van der Waals surface area contributed by atoms with Crippen LogP contribution in [0.15, 0.2) is 0 Å². The SMILES string of the molecule is CCCNCc1sc(N(C)CCC(F)(F)F)nc1C. The van der Waals surface area contributed by atoms with Crippen LogP contribution >= 0.6 is 11.3 Å². The van der Waals surface area contributed by atoms with Crippen LogP contribution in [0, 0.1) is 6.92 Å². The van der Waals surface area contributed by atoms with E-state index in [-0.39, 0.29) is 6.54 Å². The Morgan fingerprint density at radius 3 is 2.63 bits per heavy atom. The van der Waals surface area contributed by atoms with Gasteiger partial charge in [0.2, 0.25) is 0 Å². The molecule has 0 aliphatic carbocycles. The van der Waals surface area contributed by atoms with E-state index in [1.165, 1.54) is 11.3 Å². The second-order valence-electron chi connectivity index (χ2n) is 4.47. The Morgan fingerprint density at radius 2 is 2.05 bits per heavy atom. The fourth-order valence-electron chi connectivity index (χ4n) is 1.51. The van der Waals surface area contributed by atoms with Gasteiger partial charge in [-0.2, -0.15) is 13.2 Å². The van der Waals surface area contributed by atoms with Gasteiger partial charge < -0.3 is 10.2 Å². The maximum atomic E-state index is 12.2. The van der Waals surface area contributed by atoms with Crippen molar-refractivity contribution in [2.24, 2.45) is 0 Å². The predicted octanol–water partition coefficient (Wildman–Crippen LogP) is 3.34. The van der Waals surface area contributed by atoms with Gasteiger partial charge in [-0.05, 0) is 19.9 Å². The van der Waals surface area contributed by atoms with Gasteiger partial charge in [0.05, 0.1) is 12.1 Å². The third kappa shape index (κ3) is 5.78. The van der Waals surface area contributed by atoms with Crippen LogP contribution in [0.25, 0.3) is 0 Å². The van der Waals surface area contributed by atoms with Gasteiger partial charge >= 0.3 is 6.18 Å². The fraction of sp³-hybridized carbons (Fsp3) is 0.750. The average Bonchev–Trinajstić information content (AvgIpc) is 2.67. The summed E-state index contributed by atoms with van der Waals surface area (Å²) in [5, 5.41) is 3.92. The number of hydrogen-bond acceptors (Lipinski definition) is 4. The van der Waals surface area contributed by atoms with Crippen LogP contribution in [0.3, 0.4) is 0 Å². The normalized spacial score (nSPS) is 11.9. The highest BCUT2D eigenvalue weighted by Crippen LogP contribution is 2.27. The molecule has 1 aromatic heterocycles. The van der Waals surface area contributed by atoms with Crippen LogP contribution in [0.4, 0.5) is 18.3 Å². The number of nitrogens with zero attached hydrogens (tertiary/aromatic N) is 2. The lowest BCUT2D eigenvalue weighted by molar-refractivity contribution is -0.132. The molecule has 3 nitrogen and oxygen atoms in total. The van der Waals surface area contributed by atoms with Gasteiger partial charge in [-0.25, -0.2) is 4.98 Å². The van der Waals surface area contributed by atoms with Gasteiger partial charge in [-0.3, -0.25) is 0 Å². The van der Waals surface area contributed by atoms with Crippen molar-refractivity contribution in [3.05, 3.63) is 10.6 Å². The minimum atomic E-state index is -4.12. The summed E-state index contributed by atoms with van der Waals surface area (Å²) in [5.74, 6) is 0. The molecule has 0 unspecified atom stereocenters. The summed E-state index contributed by atoms with van der Waals surface area (Å²) in [5.41, 5.74) is 0.891. The van der Waals surface area contributed by atoms with E-state index in [9.17, 15) is 13.2 Å². The van der Waals surface area contributed by atoms with Crippen LogP contribution in [0.5, 0.6) is 0 Å². The number of alkyl halides is 3. The van der Waals surface area contributed by atoms with Gasteiger partial charge in [0.25, 0.3) is 0 Å². The molecule has 0 atom stereocenters. The lowest BCUT2D eigenvalue weighted by atomic mass is 10.4. The summed E-state index contributed by atoms with van der Waals surface area (Å²) in [6.45, 7) is 5.57. The first-order valence-corrected chi connectivity index (χ1v) is 7.10. The molecule has 7 heteroatoms. The molecule has 19 heavy (non-hydrogen) atoms. The number of aryl methyl sites for hydroxylation is 1. The summed E-state index contributed by atoms with van der Waals surface area (Å²) in [4.78, 5) is 6.98. The largest absolute Gasteiger partial charge is 0.390 e.